The summed E-state index contributed by atoms with van der Waals surface area (Å²) in [6.45, 7) is 0.426. The zero-order chi connectivity index (χ0) is 14.8. The Hall–Kier alpha value is -3.20. The lowest BCUT2D eigenvalue weighted by molar-refractivity contribution is 0.0697. The van der Waals surface area contributed by atoms with Gasteiger partial charge in [-0.25, -0.2) is 9.48 Å². The molecule has 0 radical (unpaired) electrons. The molecule has 0 aliphatic rings. The summed E-state index contributed by atoms with van der Waals surface area (Å²) in [7, 11) is 0. The second-order valence-electron chi connectivity index (χ2n) is 4.57. The fourth-order valence-electron chi connectivity index (χ4n) is 2.13. The zero-order valence-corrected chi connectivity index (χ0v) is 10.9. The van der Waals surface area contributed by atoms with Crippen LogP contribution < -0.4 is 0 Å². The van der Waals surface area contributed by atoms with Crippen LogP contribution in [0.15, 0.2) is 42.5 Å². The molecule has 102 valence electrons. The van der Waals surface area contributed by atoms with E-state index in [0.717, 1.165) is 5.56 Å². The summed E-state index contributed by atoms with van der Waals surface area (Å²) >= 11 is 0. The van der Waals surface area contributed by atoms with Crippen molar-refractivity contribution in [3.8, 4) is 6.07 Å². The van der Waals surface area contributed by atoms with E-state index in [9.17, 15) is 4.79 Å². The van der Waals surface area contributed by atoms with Crippen molar-refractivity contribution in [2.75, 3.05) is 0 Å². The number of fused-ring (bicyclic) bond motifs is 1. The molecule has 2 aromatic carbocycles. The van der Waals surface area contributed by atoms with Crippen molar-refractivity contribution in [1.82, 2.24) is 15.0 Å². The monoisotopic (exact) mass is 278 g/mol. The molecule has 3 aromatic rings. The van der Waals surface area contributed by atoms with Crippen LogP contribution >= 0.6 is 0 Å². The molecule has 0 bridgehead atoms. The van der Waals surface area contributed by atoms with Crippen molar-refractivity contribution in [3.05, 3.63) is 59.2 Å². The highest BCUT2D eigenvalue weighted by Crippen LogP contribution is 2.15. The van der Waals surface area contributed by atoms with Crippen molar-refractivity contribution in [2.45, 2.75) is 6.54 Å². The third-order valence-electron chi connectivity index (χ3n) is 3.15. The van der Waals surface area contributed by atoms with Gasteiger partial charge in [-0.05, 0) is 35.9 Å². The van der Waals surface area contributed by atoms with Gasteiger partial charge in [-0.15, -0.1) is 5.10 Å². The van der Waals surface area contributed by atoms with Crippen molar-refractivity contribution in [3.63, 3.8) is 0 Å². The van der Waals surface area contributed by atoms with Gasteiger partial charge in [0.05, 0.1) is 29.3 Å². The molecule has 0 fully saturated rings. The van der Waals surface area contributed by atoms with E-state index in [2.05, 4.69) is 16.4 Å². The summed E-state index contributed by atoms with van der Waals surface area (Å²) in [5.41, 5.74) is 2.95. The quantitative estimate of drug-likeness (QED) is 0.791. The number of hydrogen-bond donors (Lipinski definition) is 1. The summed E-state index contributed by atoms with van der Waals surface area (Å²) in [5, 5.41) is 26.0. The Morgan fingerprint density at radius 1 is 1.29 bits per heavy atom. The van der Waals surface area contributed by atoms with Gasteiger partial charge < -0.3 is 5.11 Å². The second-order valence-corrected chi connectivity index (χ2v) is 4.57. The van der Waals surface area contributed by atoms with Crippen molar-refractivity contribution in [2.24, 2.45) is 0 Å². The lowest BCUT2D eigenvalue weighted by Crippen LogP contribution is -2.03. The number of carboxylic acids is 1. The minimum absolute atomic E-state index is 0.192. The summed E-state index contributed by atoms with van der Waals surface area (Å²) in [4.78, 5) is 11.0. The van der Waals surface area contributed by atoms with E-state index in [4.69, 9.17) is 10.4 Å². The van der Waals surface area contributed by atoms with Crippen LogP contribution in [-0.4, -0.2) is 26.1 Å². The third-order valence-corrected chi connectivity index (χ3v) is 3.15. The fourth-order valence-corrected chi connectivity index (χ4v) is 2.13. The molecule has 0 amide bonds. The number of hydrogen-bond acceptors (Lipinski definition) is 4. The highest BCUT2D eigenvalue weighted by Gasteiger charge is 2.09. The van der Waals surface area contributed by atoms with E-state index in [-0.39, 0.29) is 5.56 Å². The first-order valence-corrected chi connectivity index (χ1v) is 6.23. The van der Waals surface area contributed by atoms with Crippen molar-refractivity contribution >= 4 is 17.0 Å². The number of nitrogens with zero attached hydrogens (tertiary/aromatic N) is 4. The Kier molecular flexibility index (Phi) is 3.09. The van der Waals surface area contributed by atoms with Crippen LogP contribution in [0.1, 0.15) is 21.5 Å². The second kappa shape index (κ2) is 5.06. The Balaban J connectivity index is 2.02. The molecule has 0 saturated heterocycles. The number of rotatable bonds is 3. The van der Waals surface area contributed by atoms with Crippen LogP contribution in [0.4, 0.5) is 0 Å². The molecule has 0 aliphatic carbocycles. The topological polar surface area (TPSA) is 91.8 Å². The lowest BCUT2D eigenvalue weighted by atomic mass is 10.1. The minimum Gasteiger partial charge on any atom is -0.478 e. The molecular formula is C15H10N4O2. The largest absolute Gasteiger partial charge is 0.478 e. The fraction of sp³-hybridized carbons (Fsp3) is 0.0667. The summed E-state index contributed by atoms with van der Waals surface area (Å²) in [5.74, 6) is -0.990. The standard InChI is InChI=1S/C15H10N4O2/c16-8-10-2-1-3-11(6-10)9-19-14-7-12(15(20)21)4-5-13(14)17-18-19/h1-7H,9H2,(H,20,21). The average Bonchev–Trinajstić information content (AvgIpc) is 2.90. The first kappa shape index (κ1) is 12.8. The molecular weight excluding hydrogens is 268 g/mol. The molecule has 1 heterocycles. The Morgan fingerprint density at radius 3 is 2.90 bits per heavy atom. The molecule has 0 spiro atoms. The van der Waals surface area contributed by atoms with E-state index in [1.54, 1.807) is 35.0 Å². The van der Waals surface area contributed by atoms with Gasteiger partial charge >= 0.3 is 5.97 Å². The van der Waals surface area contributed by atoms with Gasteiger partial charge in [0.1, 0.15) is 5.52 Å². The third kappa shape index (κ3) is 2.44. The van der Waals surface area contributed by atoms with E-state index >= 15 is 0 Å². The summed E-state index contributed by atoms with van der Waals surface area (Å²) in [6, 6.07) is 14.0. The number of nitriles is 1. The van der Waals surface area contributed by atoms with Crippen molar-refractivity contribution in [1.29, 1.82) is 5.26 Å². The normalized spacial score (nSPS) is 10.4. The van der Waals surface area contributed by atoms with E-state index in [1.165, 1.54) is 6.07 Å². The molecule has 0 unspecified atom stereocenters. The molecule has 6 heteroatoms. The summed E-state index contributed by atoms with van der Waals surface area (Å²) in [6.07, 6.45) is 0. The van der Waals surface area contributed by atoms with Crippen LogP contribution in [0.25, 0.3) is 11.0 Å². The number of carbonyl (C=O) groups is 1. The van der Waals surface area contributed by atoms with Crippen LogP contribution in [0.5, 0.6) is 0 Å². The first-order valence-electron chi connectivity index (χ1n) is 6.23. The van der Waals surface area contributed by atoms with Crippen LogP contribution in [0, 0.1) is 11.3 Å². The molecule has 0 atom stereocenters. The number of aromatic nitrogens is 3. The molecule has 6 nitrogen and oxygen atoms in total. The van der Waals surface area contributed by atoms with Gasteiger partial charge in [0, 0.05) is 0 Å². The highest BCUT2D eigenvalue weighted by atomic mass is 16.4. The molecule has 21 heavy (non-hydrogen) atoms. The first-order chi connectivity index (χ1) is 10.2. The number of carboxylic acid groups (broad SMARTS) is 1. The predicted molar refractivity (Wildman–Crippen MR) is 74.7 cm³/mol. The maximum Gasteiger partial charge on any atom is 0.335 e. The Morgan fingerprint density at radius 2 is 2.14 bits per heavy atom. The van der Waals surface area contributed by atoms with E-state index in [1.807, 2.05) is 6.07 Å². The maximum atomic E-state index is 11.0. The van der Waals surface area contributed by atoms with Gasteiger partial charge in [0.25, 0.3) is 0 Å². The van der Waals surface area contributed by atoms with Gasteiger partial charge in [0.2, 0.25) is 0 Å². The molecule has 0 aliphatic heterocycles. The van der Waals surface area contributed by atoms with Gasteiger partial charge in [-0.1, -0.05) is 17.3 Å². The van der Waals surface area contributed by atoms with E-state index in [0.29, 0.717) is 23.1 Å². The molecule has 3 rings (SSSR count). The zero-order valence-electron chi connectivity index (χ0n) is 10.9. The molecule has 1 aromatic heterocycles. The maximum absolute atomic E-state index is 11.0. The minimum atomic E-state index is -0.990. The van der Waals surface area contributed by atoms with Gasteiger partial charge in [-0.2, -0.15) is 5.26 Å². The lowest BCUT2D eigenvalue weighted by Gasteiger charge is -2.03. The van der Waals surface area contributed by atoms with Crippen LogP contribution in [0.2, 0.25) is 0 Å². The van der Waals surface area contributed by atoms with Crippen LogP contribution in [0.3, 0.4) is 0 Å². The Labute approximate surface area is 119 Å². The van der Waals surface area contributed by atoms with Crippen molar-refractivity contribution < 1.29 is 9.90 Å². The Bertz CT molecular complexity index is 877. The SMILES string of the molecule is N#Cc1cccc(Cn2nnc3ccc(C(=O)O)cc32)c1. The highest BCUT2D eigenvalue weighted by molar-refractivity contribution is 5.92. The number of benzene rings is 2. The van der Waals surface area contributed by atoms with E-state index < -0.39 is 5.97 Å². The van der Waals surface area contributed by atoms with Gasteiger partial charge in [-0.3, -0.25) is 0 Å². The van der Waals surface area contributed by atoms with Crippen LogP contribution in [-0.2, 0) is 6.54 Å². The van der Waals surface area contributed by atoms with Gasteiger partial charge in [0.15, 0.2) is 0 Å². The molecule has 1 N–H and O–H groups in total. The smallest absolute Gasteiger partial charge is 0.335 e. The summed E-state index contributed by atoms with van der Waals surface area (Å²) < 4.78 is 1.62. The average molecular weight is 278 g/mol. The predicted octanol–water partition coefficient (Wildman–Crippen LogP) is 2.05. The number of aromatic carboxylic acids is 1. The molecule has 0 saturated carbocycles.